The van der Waals surface area contributed by atoms with Crippen LogP contribution in [0.15, 0.2) is 36.4 Å². The molecular weight excluding hydrogens is 302 g/mol. The highest BCUT2D eigenvalue weighted by Crippen LogP contribution is 2.31. The van der Waals surface area contributed by atoms with E-state index >= 15 is 0 Å². The van der Waals surface area contributed by atoms with Crippen LogP contribution >= 0.6 is 15.9 Å². The molecule has 2 aromatic rings. The molecule has 0 saturated heterocycles. The number of hydrogen-bond acceptors (Lipinski definition) is 1. The molecule has 0 aromatic heterocycles. The molecule has 0 bridgehead atoms. The van der Waals surface area contributed by atoms with Gasteiger partial charge in [-0.2, -0.15) is 0 Å². The summed E-state index contributed by atoms with van der Waals surface area (Å²) < 4.78 is 32.8. The summed E-state index contributed by atoms with van der Waals surface area (Å²) in [5.74, 6) is -0.390. The van der Waals surface area contributed by atoms with Crippen LogP contribution in [0.4, 0.5) is 8.78 Å². The zero-order valence-corrected chi connectivity index (χ0v) is 11.3. The van der Waals surface area contributed by atoms with E-state index in [0.29, 0.717) is 22.2 Å². The molecule has 4 heteroatoms. The summed E-state index contributed by atoms with van der Waals surface area (Å²) in [7, 11) is 0. The molecule has 2 rings (SSSR count). The van der Waals surface area contributed by atoms with Crippen molar-refractivity contribution in [2.45, 2.75) is 12.3 Å². The summed E-state index contributed by atoms with van der Waals surface area (Å²) >= 11 is 3.19. The van der Waals surface area contributed by atoms with Crippen molar-refractivity contribution in [1.82, 2.24) is 0 Å². The van der Waals surface area contributed by atoms with Gasteiger partial charge in [0, 0.05) is 10.9 Å². The van der Waals surface area contributed by atoms with Gasteiger partial charge >= 0.3 is 0 Å². The average Bonchev–Trinajstić information content (AvgIpc) is 2.35. The molecule has 1 nitrogen and oxygen atoms in total. The molecule has 94 valence electrons. The zero-order valence-electron chi connectivity index (χ0n) is 9.71. The van der Waals surface area contributed by atoms with E-state index in [1.54, 1.807) is 25.1 Å². The van der Waals surface area contributed by atoms with Crippen molar-refractivity contribution in [2.75, 3.05) is 0 Å². The number of aryl methyl sites for hydroxylation is 1. The van der Waals surface area contributed by atoms with Gasteiger partial charge in [0.25, 0.3) is 0 Å². The minimum Gasteiger partial charge on any atom is -0.454 e. The topological polar surface area (TPSA) is 9.23 Å². The van der Waals surface area contributed by atoms with Crippen molar-refractivity contribution in [1.29, 1.82) is 0 Å². The Balaban J connectivity index is 2.40. The van der Waals surface area contributed by atoms with Crippen molar-refractivity contribution in [3.05, 3.63) is 59.2 Å². The molecule has 0 spiro atoms. The maximum atomic E-state index is 13.8. The first kappa shape index (κ1) is 13.0. The van der Waals surface area contributed by atoms with Crippen molar-refractivity contribution in [3.63, 3.8) is 0 Å². The minimum absolute atomic E-state index is 0.0998. The molecule has 2 aromatic carbocycles. The predicted molar refractivity (Wildman–Crippen MR) is 70.2 cm³/mol. The van der Waals surface area contributed by atoms with Crippen LogP contribution in [0.2, 0.25) is 0 Å². The van der Waals surface area contributed by atoms with Crippen LogP contribution in [0.3, 0.4) is 0 Å². The van der Waals surface area contributed by atoms with E-state index < -0.39 is 5.82 Å². The molecule has 0 aliphatic heterocycles. The van der Waals surface area contributed by atoms with E-state index in [-0.39, 0.29) is 11.6 Å². The van der Waals surface area contributed by atoms with Gasteiger partial charge in [-0.1, -0.05) is 34.1 Å². The Kier molecular flexibility index (Phi) is 3.97. The summed E-state index contributed by atoms with van der Waals surface area (Å²) in [5.41, 5.74) is 0.864. The molecule has 0 atom stereocenters. The quantitative estimate of drug-likeness (QED) is 0.728. The van der Waals surface area contributed by atoms with E-state index in [1.165, 1.54) is 18.2 Å². The van der Waals surface area contributed by atoms with E-state index in [0.717, 1.165) is 0 Å². The molecule has 0 aliphatic rings. The second-order valence-electron chi connectivity index (χ2n) is 3.84. The summed E-state index contributed by atoms with van der Waals surface area (Å²) in [6.07, 6.45) is 0. The lowest BCUT2D eigenvalue weighted by molar-refractivity contribution is 0.432. The third-order valence-electron chi connectivity index (χ3n) is 2.59. The summed E-state index contributed by atoms with van der Waals surface area (Å²) in [6.45, 7) is 1.65. The molecular formula is C14H11BrF2O. The monoisotopic (exact) mass is 312 g/mol. The normalized spacial score (nSPS) is 10.4. The Labute approximate surface area is 113 Å². The van der Waals surface area contributed by atoms with Crippen LogP contribution in [0.25, 0.3) is 0 Å². The fourth-order valence-corrected chi connectivity index (χ4v) is 2.13. The Morgan fingerprint density at radius 2 is 1.72 bits per heavy atom. The van der Waals surface area contributed by atoms with Gasteiger partial charge in [0.15, 0.2) is 11.6 Å². The van der Waals surface area contributed by atoms with Gasteiger partial charge < -0.3 is 4.74 Å². The van der Waals surface area contributed by atoms with Crippen molar-refractivity contribution < 1.29 is 13.5 Å². The number of benzene rings is 2. The molecule has 0 saturated carbocycles. The molecule has 0 unspecified atom stereocenters. The van der Waals surface area contributed by atoms with Gasteiger partial charge in [0.2, 0.25) is 0 Å². The van der Waals surface area contributed by atoms with Crippen molar-refractivity contribution >= 4 is 15.9 Å². The summed E-state index contributed by atoms with van der Waals surface area (Å²) in [4.78, 5) is 0. The number of hydrogen-bond donors (Lipinski definition) is 0. The molecule has 0 aliphatic carbocycles. The van der Waals surface area contributed by atoms with E-state index in [9.17, 15) is 8.78 Å². The maximum absolute atomic E-state index is 13.8. The van der Waals surface area contributed by atoms with Gasteiger partial charge in [-0.25, -0.2) is 8.78 Å². The van der Waals surface area contributed by atoms with Crippen LogP contribution in [-0.4, -0.2) is 0 Å². The highest BCUT2D eigenvalue weighted by Gasteiger charge is 2.12. The Morgan fingerprint density at radius 3 is 2.44 bits per heavy atom. The third-order valence-corrected chi connectivity index (χ3v) is 3.15. The van der Waals surface area contributed by atoms with Gasteiger partial charge in [-0.15, -0.1) is 0 Å². The number of rotatable bonds is 3. The second-order valence-corrected chi connectivity index (χ2v) is 4.40. The molecule has 18 heavy (non-hydrogen) atoms. The summed E-state index contributed by atoms with van der Waals surface area (Å²) in [5, 5.41) is 0.308. The lowest BCUT2D eigenvalue weighted by Crippen LogP contribution is -1.95. The molecule has 0 amide bonds. The van der Waals surface area contributed by atoms with Crippen LogP contribution in [0.5, 0.6) is 11.5 Å². The second kappa shape index (κ2) is 5.48. The number of alkyl halides is 1. The number of ether oxygens (including phenoxy) is 1. The molecule has 0 heterocycles. The van der Waals surface area contributed by atoms with Crippen LogP contribution in [0.1, 0.15) is 11.1 Å². The third kappa shape index (κ3) is 2.53. The molecule has 0 fully saturated rings. The van der Waals surface area contributed by atoms with Gasteiger partial charge in [-0.05, 0) is 30.7 Å². The van der Waals surface area contributed by atoms with Crippen molar-refractivity contribution in [3.8, 4) is 11.5 Å². The fourth-order valence-electron chi connectivity index (χ4n) is 1.58. The highest BCUT2D eigenvalue weighted by atomic mass is 79.9. The Hall–Kier alpha value is -1.42. The molecule has 0 N–H and O–H groups in total. The Bertz CT molecular complexity index is 570. The number of halogens is 3. The first-order valence-electron chi connectivity index (χ1n) is 5.40. The van der Waals surface area contributed by atoms with Crippen LogP contribution in [-0.2, 0) is 5.33 Å². The first-order chi connectivity index (χ1) is 8.63. The maximum Gasteiger partial charge on any atom is 0.168 e. The van der Waals surface area contributed by atoms with E-state index in [4.69, 9.17) is 4.74 Å². The standard InChI is InChI=1S/C14H11BrF2O/c1-9-4-2-7-13(14(9)17)18-12-6-3-5-11(16)10(12)8-15/h2-7H,8H2,1H3. The van der Waals surface area contributed by atoms with Crippen LogP contribution in [0, 0.1) is 18.6 Å². The van der Waals surface area contributed by atoms with E-state index in [1.807, 2.05) is 0 Å². The highest BCUT2D eigenvalue weighted by molar-refractivity contribution is 9.08. The van der Waals surface area contributed by atoms with E-state index in [2.05, 4.69) is 15.9 Å². The fraction of sp³-hybridized carbons (Fsp3) is 0.143. The average molecular weight is 313 g/mol. The lowest BCUT2D eigenvalue weighted by Gasteiger charge is -2.11. The zero-order chi connectivity index (χ0) is 13.1. The van der Waals surface area contributed by atoms with Gasteiger partial charge in [-0.3, -0.25) is 0 Å². The van der Waals surface area contributed by atoms with Crippen molar-refractivity contribution in [2.24, 2.45) is 0 Å². The summed E-state index contributed by atoms with van der Waals surface area (Å²) in [6, 6.07) is 9.35. The first-order valence-corrected chi connectivity index (χ1v) is 6.52. The van der Waals surface area contributed by atoms with Crippen LogP contribution < -0.4 is 4.74 Å². The minimum atomic E-state index is -0.428. The lowest BCUT2D eigenvalue weighted by atomic mass is 10.2. The molecule has 0 radical (unpaired) electrons. The largest absolute Gasteiger partial charge is 0.454 e. The Morgan fingerprint density at radius 1 is 1.06 bits per heavy atom. The predicted octanol–water partition coefficient (Wildman–Crippen LogP) is 4.96. The van der Waals surface area contributed by atoms with Gasteiger partial charge in [0.05, 0.1) is 0 Å². The SMILES string of the molecule is Cc1cccc(Oc2cccc(F)c2CBr)c1F. The van der Waals surface area contributed by atoms with Gasteiger partial charge in [0.1, 0.15) is 11.6 Å². The smallest absolute Gasteiger partial charge is 0.168 e.